The highest BCUT2D eigenvalue weighted by Gasteiger charge is 2.20. The molecule has 0 amide bonds. The molecule has 32 heavy (non-hydrogen) atoms. The van der Waals surface area contributed by atoms with Crippen LogP contribution in [0.1, 0.15) is 117 Å². The van der Waals surface area contributed by atoms with Crippen LogP contribution in [0, 0.1) is 0 Å². The number of carbonyl (C=O) groups excluding carboxylic acids is 3. The van der Waals surface area contributed by atoms with Gasteiger partial charge in [0.15, 0.2) is 0 Å². The Labute approximate surface area is 194 Å². The summed E-state index contributed by atoms with van der Waals surface area (Å²) in [7, 11) is 0. The van der Waals surface area contributed by atoms with Gasteiger partial charge < -0.3 is 19.7 Å². The van der Waals surface area contributed by atoms with Crippen molar-refractivity contribution in [3.8, 4) is 0 Å². The fraction of sp³-hybridized carbons (Fsp3) is 0.880. The van der Waals surface area contributed by atoms with Crippen LogP contribution >= 0.6 is 0 Å². The highest BCUT2D eigenvalue weighted by atomic mass is 16.5. The molecule has 2 unspecified atom stereocenters. The topological polar surface area (TPSA) is 110 Å². The van der Waals surface area contributed by atoms with Crippen molar-refractivity contribution in [3.63, 3.8) is 0 Å². The van der Waals surface area contributed by atoms with Crippen LogP contribution in [0.3, 0.4) is 0 Å². The first-order valence-electron chi connectivity index (χ1n) is 12.5. The fourth-order valence-corrected chi connectivity index (χ4v) is 3.61. The summed E-state index contributed by atoms with van der Waals surface area (Å²) in [5, 5.41) is 17.9. The van der Waals surface area contributed by atoms with E-state index in [9.17, 15) is 14.4 Å². The maximum Gasteiger partial charge on any atom is 0.313 e. The molecule has 0 aromatic heterocycles. The molecule has 0 fully saturated rings. The average molecular weight is 459 g/mol. The van der Waals surface area contributed by atoms with Gasteiger partial charge >= 0.3 is 11.9 Å². The van der Waals surface area contributed by atoms with E-state index in [1.165, 1.54) is 71.1 Å². The monoisotopic (exact) mass is 458 g/mol. The number of aliphatic hydroxyl groups excluding tert-OH is 2. The molecule has 0 aromatic rings. The van der Waals surface area contributed by atoms with E-state index in [4.69, 9.17) is 19.7 Å². The van der Waals surface area contributed by atoms with E-state index in [0.29, 0.717) is 6.42 Å². The lowest BCUT2D eigenvalue weighted by molar-refractivity contribution is -0.150. The third kappa shape index (κ3) is 20.4. The number of unbranched alkanes of at least 4 members (excludes halogenated alkanes) is 12. The molecule has 7 heteroatoms. The summed E-state index contributed by atoms with van der Waals surface area (Å²) >= 11 is 0. The summed E-state index contributed by atoms with van der Waals surface area (Å²) in [6, 6.07) is 0. The van der Waals surface area contributed by atoms with Crippen LogP contribution in [0.4, 0.5) is 0 Å². The summed E-state index contributed by atoms with van der Waals surface area (Å²) in [4.78, 5) is 35.0. The predicted molar refractivity (Wildman–Crippen MR) is 124 cm³/mol. The SMILES string of the molecule is CCCCCCCCCCCCCCCC(CC(=O)CC(=O)OCC(O)CO)OC(C)=O. The maximum absolute atomic E-state index is 12.1. The van der Waals surface area contributed by atoms with Gasteiger partial charge in [0.25, 0.3) is 0 Å². The number of rotatable bonds is 22. The van der Waals surface area contributed by atoms with Gasteiger partial charge in [-0.15, -0.1) is 0 Å². The largest absolute Gasteiger partial charge is 0.463 e. The van der Waals surface area contributed by atoms with Gasteiger partial charge in [-0.25, -0.2) is 0 Å². The van der Waals surface area contributed by atoms with Gasteiger partial charge in [0.1, 0.15) is 31.0 Å². The summed E-state index contributed by atoms with van der Waals surface area (Å²) < 4.78 is 9.97. The maximum atomic E-state index is 12.1. The molecular weight excluding hydrogens is 412 g/mol. The van der Waals surface area contributed by atoms with Gasteiger partial charge in [0, 0.05) is 13.3 Å². The van der Waals surface area contributed by atoms with Crippen molar-refractivity contribution in [2.24, 2.45) is 0 Å². The predicted octanol–water partition coefficient (Wildman–Crippen LogP) is 4.65. The Hall–Kier alpha value is -1.47. The van der Waals surface area contributed by atoms with E-state index in [2.05, 4.69) is 6.92 Å². The van der Waals surface area contributed by atoms with Crippen LogP contribution in [-0.4, -0.2) is 53.4 Å². The standard InChI is InChI=1S/C25H46O7/c1-3-4-5-6-7-8-9-10-11-12-13-14-15-16-24(32-21(2)27)17-22(28)18-25(30)31-20-23(29)19-26/h23-24,26,29H,3-20H2,1-2H3. The minimum Gasteiger partial charge on any atom is -0.463 e. The number of hydrogen-bond donors (Lipinski definition) is 2. The van der Waals surface area contributed by atoms with E-state index in [1.54, 1.807) is 0 Å². The number of aliphatic hydroxyl groups is 2. The zero-order valence-electron chi connectivity index (χ0n) is 20.3. The second-order valence-corrected chi connectivity index (χ2v) is 8.70. The molecule has 0 aliphatic heterocycles. The second kappa shape index (κ2) is 21.4. The molecule has 0 bridgehead atoms. The zero-order chi connectivity index (χ0) is 24.0. The number of ether oxygens (including phenoxy) is 2. The van der Waals surface area contributed by atoms with Gasteiger partial charge in [0.05, 0.1) is 6.61 Å². The number of hydrogen-bond acceptors (Lipinski definition) is 7. The molecular formula is C25H46O7. The average Bonchev–Trinajstić information content (AvgIpc) is 2.74. The van der Waals surface area contributed by atoms with Crippen molar-refractivity contribution in [3.05, 3.63) is 0 Å². The van der Waals surface area contributed by atoms with Crippen molar-refractivity contribution >= 4 is 17.7 Å². The molecule has 0 aliphatic carbocycles. The Morgan fingerprint density at radius 2 is 1.31 bits per heavy atom. The molecule has 0 rings (SSSR count). The Kier molecular flexibility index (Phi) is 20.4. The van der Waals surface area contributed by atoms with Gasteiger partial charge in [-0.05, 0) is 12.8 Å². The molecule has 7 nitrogen and oxygen atoms in total. The fourth-order valence-electron chi connectivity index (χ4n) is 3.61. The van der Waals surface area contributed by atoms with Crippen LogP contribution in [0.15, 0.2) is 0 Å². The number of esters is 2. The van der Waals surface area contributed by atoms with Crippen LogP contribution in [0.2, 0.25) is 0 Å². The summed E-state index contributed by atoms with van der Waals surface area (Å²) in [6.07, 6.45) is 14.7. The van der Waals surface area contributed by atoms with Gasteiger partial charge in [0.2, 0.25) is 0 Å². The minimum atomic E-state index is -1.15. The first-order chi connectivity index (χ1) is 15.4. The lowest BCUT2D eigenvalue weighted by Crippen LogP contribution is -2.25. The molecule has 0 saturated heterocycles. The second-order valence-electron chi connectivity index (χ2n) is 8.70. The van der Waals surface area contributed by atoms with Crippen LogP contribution in [0.25, 0.3) is 0 Å². The smallest absolute Gasteiger partial charge is 0.313 e. The van der Waals surface area contributed by atoms with Gasteiger partial charge in [-0.2, -0.15) is 0 Å². The van der Waals surface area contributed by atoms with Gasteiger partial charge in [-0.3, -0.25) is 14.4 Å². The van der Waals surface area contributed by atoms with Crippen molar-refractivity contribution in [2.45, 2.75) is 129 Å². The summed E-state index contributed by atoms with van der Waals surface area (Å²) in [6.45, 7) is 2.68. The molecule has 2 atom stereocenters. The van der Waals surface area contributed by atoms with E-state index in [0.717, 1.165) is 19.3 Å². The quantitative estimate of drug-likeness (QED) is 0.138. The number of carbonyl (C=O) groups is 3. The molecule has 0 heterocycles. The first kappa shape index (κ1) is 30.5. The summed E-state index contributed by atoms with van der Waals surface area (Å²) in [5.41, 5.74) is 0. The van der Waals surface area contributed by atoms with Crippen LogP contribution in [-0.2, 0) is 23.9 Å². The number of ketones is 1. The lowest BCUT2D eigenvalue weighted by atomic mass is 10.0. The Morgan fingerprint density at radius 3 is 1.78 bits per heavy atom. The van der Waals surface area contributed by atoms with E-state index >= 15 is 0 Å². The van der Waals surface area contributed by atoms with E-state index < -0.39 is 37.2 Å². The first-order valence-corrected chi connectivity index (χ1v) is 12.5. The van der Waals surface area contributed by atoms with E-state index in [-0.39, 0.29) is 18.8 Å². The van der Waals surface area contributed by atoms with Crippen molar-refractivity contribution < 1.29 is 34.1 Å². The molecule has 0 spiro atoms. The molecule has 188 valence electrons. The highest BCUT2D eigenvalue weighted by Crippen LogP contribution is 2.16. The van der Waals surface area contributed by atoms with Crippen LogP contribution in [0.5, 0.6) is 0 Å². The number of Topliss-reactive ketones (excluding diaryl/α,β-unsaturated/α-hetero) is 1. The van der Waals surface area contributed by atoms with E-state index in [1.807, 2.05) is 0 Å². The molecule has 2 N–H and O–H groups in total. The molecule has 0 aromatic carbocycles. The molecule has 0 aliphatic rings. The van der Waals surface area contributed by atoms with Crippen molar-refractivity contribution in [1.29, 1.82) is 0 Å². The lowest BCUT2D eigenvalue weighted by Gasteiger charge is -2.16. The normalized spacial score (nSPS) is 12.9. The minimum absolute atomic E-state index is 0.0184. The van der Waals surface area contributed by atoms with Crippen molar-refractivity contribution in [1.82, 2.24) is 0 Å². The van der Waals surface area contributed by atoms with Crippen molar-refractivity contribution in [2.75, 3.05) is 13.2 Å². The summed E-state index contributed by atoms with van der Waals surface area (Å²) in [5.74, 6) is -1.56. The Bertz CT molecular complexity index is 493. The van der Waals surface area contributed by atoms with Crippen LogP contribution < -0.4 is 0 Å². The highest BCUT2D eigenvalue weighted by molar-refractivity contribution is 5.95. The molecule has 0 radical (unpaired) electrons. The third-order valence-corrected chi connectivity index (χ3v) is 5.41. The Morgan fingerprint density at radius 1 is 0.812 bits per heavy atom. The molecule has 0 saturated carbocycles. The van der Waals surface area contributed by atoms with Gasteiger partial charge in [-0.1, -0.05) is 84.0 Å². The zero-order valence-corrected chi connectivity index (χ0v) is 20.3. The third-order valence-electron chi connectivity index (χ3n) is 5.41. The Balaban J connectivity index is 3.87.